The van der Waals surface area contributed by atoms with E-state index in [2.05, 4.69) is 0 Å². The smallest absolute Gasteiger partial charge is 0.251 e. The minimum absolute atomic E-state index is 0.0535. The maximum atomic E-state index is 14.6. The van der Waals surface area contributed by atoms with Crippen molar-refractivity contribution in [1.82, 2.24) is 0 Å². The molecular formula is C19H27F2NO2. The van der Waals surface area contributed by atoms with E-state index in [0.717, 1.165) is 37.7 Å². The highest BCUT2D eigenvalue weighted by molar-refractivity contribution is 5.93. The van der Waals surface area contributed by atoms with Crippen molar-refractivity contribution in [1.29, 1.82) is 0 Å². The van der Waals surface area contributed by atoms with Gasteiger partial charge in [-0.15, -0.1) is 0 Å². The molecule has 0 spiro atoms. The SMILES string of the molecule is CC.NC(=O)c1cc(C2CC2)c(OCC2(F)CCCCC2)cc1F. The van der Waals surface area contributed by atoms with Gasteiger partial charge in [0, 0.05) is 6.07 Å². The summed E-state index contributed by atoms with van der Waals surface area (Å²) in [5.74, 6) is -0.883. The fourth-order valence-corrected chi connectivity index (χ4v) is 3.14. The molecule has 2 aliphatic rings. The van der Waals surface area contributed by atoms with Crippen LogP contribution in [0, 0.1) is 5.82 Å². The van der Waals surface area contributed by atoms with E-state index in [1.807, 2.05) is 13.8 Å². The number of amides is 1. The number of alkyl halides is 1. The second-order valence-electron chi connectivity index (χ2n) is 6.51. The predicted octanol–water partition coefficient (Wildman–Crippen LogP) is 4.88. The van der Waals surface area contributed by atoms with Crippen LogP contribution in [0.25, 0.3) is 0 Å². The molecule has 0 heterocycles. The summed E-state index contributed by atoms with van der Waals surface area (Å²) in [6.45, 7) is 3.95. The topological polar surface area (TPSA) is 52.3 Å². The molecule has 0 unspecified atom stereocenters. The highest BCUT2D eigenvalue weighted by atomic mass is 19.1. The number of carbonyl (C=O) groups excluding carboxylic acids is 1. The Kier molecular flexibility index (Phi) is 6.19. The fraction of sp³-hybridized carbons (Fsp3) is 0.632. The first-order chi connectivity index (χ1) is 11.5. The van der Waals surface area contributed by atoms with Crippen LogP contribution in [0.3, 0.4) is 0 Å². The van der Waals surface area contributed by atoms with Crippen molar-refractivity contribution < 1.29 is 18.3 Å². The Morgan fingerprint density at radius 1 is 1.25 bits per heavy atom. The number of benzene rings is 1. The minimum atomic E-state index is -1.32. The molecule has 24 heavy (non-hydrogen) atoms. The zero-order valence-electron chi connectivity index (χ0n) is 14.5. The largest absolute Gasteiger partial charge is 0.490 e. The lowest BCUT2D eigenvalue weighted by Gasteiger charge is -2.29. The van der Waals surface area contributed by atoms with Crippen LogP contribution in [-0.4, -0.2) is 18.2 Å². The summed E-state index contributed by atoms with van der Waals surface area (Å²) < 4.78 is 34.2. The molecule has 5 heteroatoms. The molecule has 0 bridgehead atoms. The lowest BCUT2D eigenvalue weighted by Crippen LogP contribution is -2.33. The first kappa shape index (κ1) is 18.7. The third kappa shape index (κ3) is 4.46. The third-order valence-electron chi connectivity index (χ3n) is 4.62. The predicted molar refractivity (Wildman–Crippen MR) is 90.7 cm³/mol. The summed E-state index contributed by atoms with van der Waals surface area (Å²) in [6, 6.07) is 2.65. The Balaban J connectivity index is 0.00000100. The average Bonchev–Trinajstić information content (AvgIpc) is 3.40. The van der Waals surface area contributed by atoms with Gasteiger partial charge in [-0.3, -0.25) is 4.79 Å². The van der Waals surface area contributed by atoms with Crippen LogP contribution in [0.4, 0.5) is 8.78 Å². The van der Waals surface area contributed by atoms with Crippen molar-refractivity contribution in [2.24, 2.45) is 5.73 Å². The van der Waals surface area contributed by atoms with E-state index in [4.69, 9.17) is 10.5 Å². The number of carbonyl (C=O) groups is 1. The lowest BCUT2D eigenvalue weighted by molar-refractivity contribution is 0.0470. The van der Waals surface area contributed by atoms with Crippen LogP contribution in [0.2, 0.25) is 0 Å². The molecule has 2 saturated carbocycles. The number of rotatable bonds is 5. The van der Waals surface area contributed by atoms with Crippen molar-refractivity contribution in [2.75, 3.05) is 6.61 Å². The zero-order chi connectivity index (χ0) is 17.7. The number of hydrogen-bond acceptors (Lipinski definition) is 2. The van der Waals surface area contributed by atoms with E-state index < -0.39 is 17.4 Å². The lowest BCUT2D eigenvalue weighted by atomic mass is 9.87. The van der Waals surface area contributed by atoms with Gasteiger partial charge in [0.1, 0.15) is 23.8 Å². The second kappa shape index (κ2) is 7.95. The Labute approximate surface area is 142 Å². The zero-order valence-corrected chi connectivity index (χ0v) is 14.5. The Morgan fingerprint density at radius 2 is 1.88 bits per heavy atom. The van der Waals surface area contributed by atoms with Crippen molar-refractivity contribution in [3.8, 4) is 5.75 Å². The number of halogens is 2. The van der Waals surface area contributed by atoms with Crippen LogP contribution in [0.1, 0.15) is 80.6 Å². The van der Waals surface area contributed by atoms with E-state index in [9.17, 15) is 13.6 Å². The van der Waals surface area contributed by atoms with Gasteiger partial charge in [0.05, 0.1) is 5.56 Å². The van der Waals surface area contributed by atoms with Crippen LogP contribution >= 0.6 is 0 Å². The van der Waals surface area contributed by atoms with Crippen molar-refractivity contribution >= 4 is 5.91 Å². The van der Waals surface area contributed by atoms with E-state index in [0.29, 0.717) is 18.6 Å². The van der Waals surface area contributed by atoms with Gasteiger partial charge in [-0.2, -0.15) is 0 Å². The standard InChI is InChI=1S/C17H21F2NO2.C2H6/c18-14-9-15(22-10-17(19)6-2-1-3-7-17)12(11-4-5-11)8-13(14)16(20)21;1-2/h8-9,11H,1-7,10H2,(H2,20,21);1-2H3. The van der Waals surface area contributed by atoms with Gasteiger partial charge in [-0.05, 0) is 43.2 Å². The summed E-state index contributed by atoms with van der Waals surface area (Å²) >= 11 is 0. The summed E-state index contributed by atoms with van der Waals surface area (Å²) in [7, 11) is 0. The quantitative estimate of drug-likeness (QED) is 0.831. The van der Waals surface area contributed by atoms with Crippen molar-refractivity contribution in [3.63, 3.8) is 0 Å². The Morgan fingerprint density at radius 3 is 2.42 bits per heavy atom. The molecular weight excluding hydrogens is 312 g/mol. The van der Waals surface area contributed by atoms with Gasteiger partial charge in [-0.1, -0.05) is 33.1 Å². The molecule has 1 amide bonds. The molecule has 2 N–H and O–H groups in total. The van der Waals surface area contributed by atoms with E-state index in [1.165, 1.54) is 12.1 Å². The van der Waals surface area contributed by atoms with Gasteiger partial charge in [-0.25, -0.2) is 8.78 Å². The normalized spacial score (nSPS) is 19.2. The molecule has 0 radical (unpaired) electrons. The monoisotopic (exact) mass is 339 g/mol. The number of primary amides is 1. The first-order valence-corrected chi connectivity index (χ1v) is 8.93. The van der Waals surface area contributed by atoms with Gasteiger partial charge >= 0.3 is 0 Å². The first-order valence-electron chi connectivity index (χ1n) is 8.93. The molecule has 1 aromatic rings. The van der Waals surface area contributed by atoms with Crippen LogP contribution in [0.15, 0.2) is 12.1 Å². The highest BCUT2D eigenvalue weighted by Crippen LogP contribution is 2.45. The number of hydrogen-bond donors (Lipinski definition) is 1. The Bertz CT molecular complexity index is 579. The summed E-state index contributed by atoms with van der Waals surface area (Å²) in [6.07, 6.45) is 5.72. The molecule has 0 aromatic heterocycles. The molecule has 134 valence electrons. The molecule has 3 nitrogen and oxygen atoms in total. The molecule has 3 rings (SSSR count). The molecule has 1 aromatic carbocycles. The molecule has 0 saturated heterocycles. The number of ether oxygens (including phenoxy) is 1. The van der Waals surface area contributed by atoms with Crippen molar-refractivity contribution in [2.45, 2.75) is 70.4 Å². The average molecular weight is 339 g/mol. The van der Waals surface area contributed by atoms with Crippen LogP contribution in [-0.2, 0) is 0 Å². The summed E-state index contributed by atoms with van der Waals surface area (Å²) in [5.41, 5.74) is 4.51. The highest BCUT2D eigenvalue weighted by Gasteiger charge is 2.34. The van der Waals surface area contributed by atoms with Crippen LogP contribution < -0.4 is 10.5 Å². The maximum Gasteiger partial charge on any atom is 0.251 e. The molecule has 0 aliphatic heterocycles. The van der Waals surface area contributed by atoms with Crippen molar-refractivity contribution in [3.05, 3.63) is 29.1 Å². The number of nitrogens with two attached hydrogens (primary N) is 1. The van der Waals surface area contributed by atoms with E-state index in [1.54, 1.807) is 0 Å². The van der Waals surface area contributed by atoms with Gasteiger partial charge < -0.3 is 10.5 Å². The van der Waals surface area contributed by atoms with Gasteiger partial charge in [0.15, 0.2) is 0 Å². The molecule has 2 fully saturated rings. The van der Waals surface area contributed by atoms with Crippen LogP contribution in [0.5, 0.6) is 5.75 Å². The van der Waals surface area contributed by atoms with E-state index >= 15 is 0 Å². The molecule has 0 atom stereocenters. The van der Waals surface area contributed by atoms with E-state index in [-0.39, 0.29) is 18.1 Å². The van der Waals surface area contributed by atoms with Gasteiger partial charge in [0.25, 0.3) is 5.91 Å². The Hall–Kier alpha value is -1.65. The minimum Gasteiger partial charge on any atom is -0.490 e. The maximum absolute atomic E-state index is 14.6. The summed E-state index contributed by atoms with van der Waals surface area (Å²) in [5, 5.41) is 0. The fourth-order valence-electron chi connectivity index (χ4n) is 3.14. The third-order valence-corrected chi connectivity index (χ3v) is 4.62. The summed E-state index contributed by atoms with van der Waals surface area (Å²) in [4.78, 5) is 11.3. The second-order valence-corrected chi connectivity index (χ2v) is 6.51. The van der Waals surface area contributed by atoms with Gasteiger partial charge in [0.2, 0.25) is 0 Å². The molecule has 2 aliphatic carbocycles.